The van der Waals surface area contributed by atoms with Gasteiger partial charge in [-0.25, -0.2) is 9.59 Å². The number of aliphatic hydroxyl groups is 1. The molecular formula is C31H30O6. The zero-order chi connectivity index (χ0) is 26.0. The molecule has 4 atom stereocenters. The maximum Gasteiger partial charge on any atom is 0.338 e. The van der Waals surface area contributed by atoms with Crippen molar-refractivity contribution in [3.05, 3.63) is 126 Å². The van der Waals surface area contributed by atoms with E-state index in [1.807, 2.05) is 36.4 Å². The summed E-state index contributed by atoms with van der Waals surface area (Å²) >= 11 is 0. The van der Waals surface area contributed by atoms with Gasteiger partial charge in [0.25, 0.3) is 0 Å². The van der Waals surface area contributed by atoms with E-state index in [1.54, 1.807) is 66.7 Å². The molecule has 0 amide bonds. The molecule has 1 aliphatic heterocycles. The van der Waals surface area contributed by atoms with Crippen LogP contribution in [0.4, 0.5) is 0 Å². The van der Waals surface area contributed by atoms with Crippen molar-refractivity contribution in [2.24, 2.45) is 0 Å². The second kappa shape index (κ2) is 12.8. The Hall–Kier alpha value is -4.00. The largest absolute Gasteiger partial charge is 0.458 e. The van der Waals surface area contributed by atoms with Gasteiger partial charge in [-0.3, -0.25) is 0 Å². The summed E-state index contributed by atoms with van der Waals surface area (Å²) in [6, 6.07) is 26.9. The number of rotatable bonds is 10. The molecule has 1 saturated heterocycles. The summed E-state index contributed by atoms with van der Waals surface area (Å²) in [6.07, 6.45) is 1.53. The SMILES string of the molecule is C=CC[C@@H]1O[C@H](C[C@@H](COC(=O)c2ccccc2)OC(=O)c2ccccc2)[C@H](O)C1=Cc1ccccc1. The third-order valence-corrected chi connectivity index (χ3v) is 6.11. The number of carbonyl (C=O) groups excluding carboxylic acids is 2. The second-order valence-corrected chi connectivity index (χ2v) is 8.78. The lowest BCUT2D eigenvalue weighted by molar-refractivity contribution is -0.0449. The van der Waals surface area contributed by atoms with E-state index in [1.165, 1.54) is 0 Å². The molecule has 0 spiro atoms. The Morgan fingerprint density at radius 1 is 0.892 bits per heavy atom. The number of hydrogen-bond donors (Lipinski definition) is 1. The molecule has 0 aliphatic carbocycles. The van der Waals surface area contributed by atoms with Crippen molar-refractivity contribution < 1.29 is 28.9 Å². The molecule has 0 bridgehead atoms. The smallest absolute Gasteiger partial charge is 0.338 e. The molecule has 1 fully saturated rings. The minimum absolute atomic E-state index is 0.140. The van der Waals surface area contributed by atoms with Crippen LogP contribution in [0.25, 0.3) is 6.08 Å². The number of hydrogen-bond acceptors (Lipinski definition) is 6. The summed E-state index contributed by atoms with van der Waals surface area (Å²) in [5.74, 6) is -1.07. The minimum Gasteiger partial charge on any atom is -0.458 e. The Morgan fingerprint density at radius 3 is 2.05 bits per heavy atom. The summed E-state index contributed by atoms with van der Waals surface area (Å²) < 4.78 is 17.4. The van der Waals surface area contributed by atoms with Gasteiger partial charge in [-0.1, -0.05) is 78.9 Å². The molecule has 6 heteroatoms. The zero-order valence-corrected chi connectivity index (χ0v) is 20.4. The Kier molecular flexibility index (Phi) is 9.03. The van der Waals surface area contributed by atoms with Crippen molar-refractivity contribution in [1.82, 2.24) is 0 Å². The number of benzene rings is 3. The predicted molar refractivity (Wildman–Crippen MR) is 141 cm³/mol. The van der Waals surface area contributed by atoms with Crippen LogP contribution in [0.3, 0.4) is 0 Å². The first kappa shape index (κ1) is 26.1. The molecule has 1 N–H and O–H groups in total. The van der Waals surface area contributed by atoms with Gasteiger partial charge in [0.2, 0.25) is 0 Å². The Morgan fingerprint density at radius 2 is 1.46 bits per heavy atom. The van der Waals surface area contributed by atoms with Gasteiger partial charge in [0.05, 0.1) is 23.3 Å². The first-order valence-electron chi connectivity index (χ1n) is 12.2. The van der Waals surface area contributed by atoms with E-state index in [-0.39, 0.29) is 19.1 Å². The number of carbonyl (C=O) groups is 2. The number of ether oxygens (including phenoxy) is 3. The quantitative estimate of drug-likeness (QED) is 0.304. The highest BCUT2D eigenvalue weighted by Crippen LogP contribution is 2.33. The molecule has 0 saturated carbocycles. The van der Waals surface area contributed by atoms with Gasteiger partial charge in [0.1, 0.15) is 18.8 Å². The first-order chi connectivity index (χ1) is 18.0. The molecule has 3 aromatic carbocycles. The van der Waals surface area contributed by atoms with Crippen LogP contribution in [-0.2, 0) is 14.2 Å². The maximum atomic E-state index is 12.8. The van der Waals surface area contributed by atoms with Crippen molar-refractivity contribution in [1.29, 1.82) is 0 Å². The van der Waals surface area contributed by atoms with Gasteiger partial charge >= 0.3 is 11.9 Å². The van der Waals surface area contributed by atoms with Crippen molar-refractivity contribution in [3.8, 4) is 0 Å². The fourth-order valence-electron chi connectivity index (χ4n) is 4.25. The zero-order valence-electron chi connectivity index (χ0n) is 20.4. The average molecular weight is 499 g/mol. The summed E-state index contributed by atoms with van der Waals surface area (Å²) in [6.45, 7) is 3.63. The molecule has 0 unspecified atom stereocenters. The Labute approximate surface area is 216 Å². The molecule has 190 valence electrons. The number of esters is 2. The monoisotopic (exact) mass is 498 g/mol. The van der Waals surface area contributed by atoms with Crippen LogP contribution in [-0.4, -0.2) is 48.1 Å². The van der Waals surface area contributed by atoms with Gasteiger partial charge < -0.3 is 19.3 Å². The summed E-state index contributed by atoms with van der Waals surface area (Å²) in [4.78, 5) is 25.3. The molecule has 4 rings (SSSR count). The van der Waals surface area contributed by atoms with Crippen LogP contribution in [0.2, 0.25) is 0 Å². The fourth-order valence-corrected chi connectivity index (χ4v) is 4.25. The van der Waals surface area contributed by atoms with Crippen LogP contribution < -0.4 is 0 Å². The van der Waals surface area contributed by atoms with Crippen LogP contribution in [0.5, 0.6) is 0 Å². The van der Waals surface area contributed by atoms with Crippen molar-refractivity contribution >= 4 is 18.0 Å². The van der Waals surface area contributed by atoms with Crippen molar-refractivity contribution in [3.63, 3.8) is 0 Å². The average Bonchev–Trinajstić information content (AvgIpc) is 3.22. The van der Waals surface area contributed by atoms with Crippen LogP contribution in [0.1, 0.15) is 39.1 Å². The highest BCUT2D eigenvalue weighted by molar-refractivity contribution is 5.90. The van der Waals surface area contributed by atoms with Gasteiger partial charge in [0, 0.05) is 6.42 Å². The van der Waals surface area contributed by atoms with E-state index in [2.05, 4.69) is 6.58 Å². The van der Waals surface area contributed by atoms with Crippen LogP contribution in [0.15, 0.2) is 109 Å². The van der Waals surface area contributed by atoms with Gasteiger partial charge in [-0.2, -0.15) is 0 Å². The van der Waals surface area contributed by atoms with Crippen LogP contribution >= 0.6 is 0 Å². The van der Waals surface area contributed by atoms with Crippen molar-refractivity contribution in [2.45, 2.75) is 37.3 Å². The summed E-state index contributed by atoms with van der Waals surface area (Å²) in [7, 11) is 0. The predicted octanol–water partition coefficient (Wildman–Crippen LogP) is 5.25. The third kappa shape index (κ3) is 7.03. The van der Waals surface area contributed by atoms with Crippen molar-refractivity contribution in [2.75, 3.05) is 6.61 Å². The first-order valence-corrected chi connectivity index (χ1v) is 12.2. The lowest BCUT2D eigenvalue weighted by Gasteiger charge is -2.22. The Bertz CT molecular complexity index is 1210. The van der Waals surface area contributed by atoms with E-state index >= 15 is 0 Å². The second-order valence-electron chi connectivity index (χ2n) is 8.78. The van der Waals surface area contributed by atoms with E-state index in [4.69, 9.17) is 14.2 Å². The fraction of sp³-hybridized carbons (Fsp3) is 0.226. The lowest BCUT2D eigenvalue weighted by Crippen LogP contribution is -2.33. The normalized spacial score (nSPS) is 20.8. The Balaban J connectivity index is 1.51. The standard InChI is InChI=1S/C31H30O6/c1-2-12-27-26(19-22-13-6-3-7-14-22)29(32)28(37-27)20-25(36-31(34)24-17-10-5-11-18-24)21-35-30(33)23-15-8-4-9-16-23/h2-11,13-19,25,27-29,32H,1,12,20-21H2/t25-,27-,28+,29+/m0/s1. The molecule has 1 heterocycles. The molecule has 37 heavy (non-hydrogen) atoms. The highest BCUT2D eigenvalue weighted by atomic mass is 16.6. The highest BCUT2D eigenvalue weighted by Gasteiger charge is 2.40. The molecule has 1 aliphatic rings. The molecule has 0 radical (unpaired) electrons. The lowest BCUT2D eigenvalue weighted by atomic mass is 9.96. The molecular weight excluding hydrogens is 468 g/mol. The minimum atomic E-state index is -0.923. The van der Waals surface area contributed by atoms with Gasteiger partial charge in [0.15, 0.2) is 0 Å². The molecule has 3 aromatic rings. The summed E-state index contributed by atoms with van der Waals surface area (Å²) in [5.41, 5.74) is 2.44. The van der Waals surface area contributed by atoms with Gasteiger partial charge in [-0.15, -0.1) is 6.58 Å². The van der Waals surface area contributed by atoms with E-state index in [0.717, 1.165) is 11.1 Å². The topological polar surface area (TPSA) is 82.1 Å². The van der Waals surface area contributed by atoms with E-state index in [9.17, 15) is 14.7 Å². The van der Waals surface area contributed by atoms with E-state index < -0.39 is 30.3 Å². The molecule has 0 aromatic heterocycles. The summed E-state index contributed by atoms with van der Waals surface area (Å²) in [5, 5.41) is 11.2. The third-order valence-electron chi connectivity index (χ3n) is 6.11. The van der Waals surface area contributed by atoms with Crippen LogP contribution in [0, 0.1) is 0 Å². The van der Waals surface area contributed by atoms with Gasteiger partial charge in [-0.05, 0) is 41.8 Å². The van der Waals surface area contributed by atoms with E-state index in [0.29, 0.717) is 17.5 Å². The molecule has 6 nitrogen and oxygen atoms in total. The maximum absolute atomic E-state index is 12.8. The number of aliphatic hydroxyl groups excluding tert-OH is 1.